The summed E-state index contributed by atoms with van der Waals surface area (Å²) in [4.78, 5) is 23.0. The lowest BCUT2D eigenvalue weighted by atomic mass is 9.92. The number of allylic oxidation sites excluding steroid dienone is 1. The first-order chi connectivity index (χ1) is 14.9. The van der Waals surface area contributed by atoms with Crippen molar-refractivity contribution in [1.29, 1.82) is 0 Å². The predicted octanol–water partition coefficient (Wildman–Crippen LogP) is 4.41. The van der Waals surface area contributed by atoms with Crippen molar-refractivity contribution in [2.45, 2.75) is 37.7 Å². The number of halogens is 6. The van der Waals surface area contributed by atoms with Crippen molar-refractivity contribution in [3.05, 3.63) is 64.9 Å². The highest BCUT2D eigenvalue weighted by molar-refractivity contribution is 5.95. The Kier molecular flexibility index (Phi) is 6.51. The van der Waals surface area contributed by atoms with E-state index in [1.54, 1.807) is 0 Å². The maximum absolute atomic E-state index is 12.8. The van der Waals surface area contributed by atoms with Crippen LogP contribution in [0.2, 0.25) is 0 Å². The van der Waals surface area contributed by atoms with E-state index in [2.05, 4.69) is 20.3 Å². The van der Waals surface area contributed by atoms with Crippen LogP contribution in [0.4, 0.5) is 32.0 Å². The second-order valence-electron chi connectivity index (χ2n) is 6.98. The highest BCUT2D eigenvalue weighted by Gasteiger charge is 2.33. The first-order valence-corrected chi connectivity index (χ1v) is 9.35. The van der Waals surface area contributed by atoms with Gasteiger partial charge in [-0.1, -0.05) is 0 Å². The van der Waals surface area contributed by atoms with Gasteiger partial charge in [-0.3, -0.25) is 19.8 Å². The Morgan fingerprint density at radius 3 is 2.44 bits per heavy atom. The monoisotopic (exact) mass is 457 g/mol. The van der Waals surface area contributed by atoms with E-state index < -0.39 is 35.7 Å². The van der Waals surface area contributed by atoms with Crippen molar-refractivity contribution < 1.29 is 31.1 Å². The smallest absolute Gasteiger partial charge is 0.402 e. The molecule has 1 unspecified atom stereocenters. The molecule has 0 aromatic carbocycles. The number of rotatable bonds is 4. The van der Waals surface area contributed by atoms with Gasteiger partial charge in [-0.25, -0.2) is 0 Å². The van der Waals surface area contributed by atoms with Gasteiger partial charge >= 0.3 is 12.4 Å². The Morgan fingerprint density at radius 1 is 1.09 bits per heavy atom. The van der Waals surface area contributed by atoms with Crippen LogP contribution in [0.3, 0.4) is 0 Å². The number of hydrogen-bond acceptors (Lipinski definition) is 5. The van der Waals surface area contributed by atoms with E-state index in [1.165, 1.54) is 12.3 Å². The number of aliphatic imine (C=N–C) groups is 1. The van der Waals surface area contributed by atoms with Crippen LogP contribution in [0, 0.1) is 0 Å². The Labute approximate surface area is 178 Å². The van der Waals surface area contributed by atoms with Gasteiger partial charge in [0.25, 0.3) is 5.91 Å². The van der Waals surface area contributed by atoms with E-state index in [0.29, 0.717) is 36.6 Å². The van der Waals surface area contributed by atoms with Gasteiger partial charge < -0.3 is 11.1 Å². The van der Waals surface area contributed by atoms with Crippen LogP contribution in [0.25, 0.3) is 0 Å². The topological polar surface area (TPSA) is 93.3 Å². The number of nitrogens with one attached hydrogen (secondary N) is 1. The highest BCUT2D eigenvalue weighted by atomic mass is 19.4. The molecule has 0 radical (unpaired) electrons. The second kappa shape index (κ2) is 8.97. The van der Waals surface area contributed by atoms with Gasteiger partial charge in [0.05, 0.1) is 17.3 Å². The third kappa shape index (κ3) is 5.62. The largest absolute Gasteiger partial charge is 0.433 e. The van der Waals surface area contributed by atoms with E-state index >= 15 is 0 Å². The van der Waals surface area contributed by atoms with Crippen LogP contribution >= 0.6 is 0 Å². The summed E-state index contributed by atoms with van der Waals surface area (Å²) in [5.41, 5.74) is 4.53. The molecule has 1 amide bonds. The lowest BCUT2D eigenvalue weighted by Gasteiger charge is -2.26. The molecule has 1 aliphatic carbocycles. The van der Waals surface area contributed by atoms with Gasteiger partial charge in [0, 0.05) is 29.9 Å². The first kappa shape index (κ1) is 23.2. The minimum absolute atomic E-state index is 0.00443. The van der Waals surface area contributed by atoms with Gasteiger partial charge in [0.1, 0.15) is 11.4 Å². The molecular formula is C20H17F6N5O. The van der Waals surface area contributed by atoms with E-state index in [-0.39, 0.29) is 11.3 Å². The van der Waals surface area contributed by atoms with Crippen LogP contribution < -0.4 is 11.1 Å². The number of hydrogen-bond donors (Lipinski definition) is 2. The molecular weight excluding hydrogens is 440 g/mol. The van der Waals surface area contributed by atoms with Gasteiger partial charge in [0.2, 0.25) is 0 Å². The molecule has 0 bridgehead atoms. The highest BCUT2D eigenvalue weighted by Crippen LogP contribution is 2.30. The number of aromatic nitrogens is 2. The zero-order valence-electron chi connectivity index (χ0n) is 16.3. The fourth-order valence-corrected chi connectivity index (χ4v) is 3.08. The van der Waals surface area contributed by atoms with Crippen LogP contribution in [0.5, 0.6) is 0 Å². The molecule has 3 N–H and O–H groups in total. The lowest BCUT2D eigenvalue weighted by molar-refractivity contribution is -0.141. The maximum atomic E-state index is 12.8. The van der Waals surface area contributed by atoms with Crippen LogP contribution in [0.1, 0.15) is 41.0 Å². The molecule has 32 heavy (non-hydrogen) atoms. The number of carbonyl (C=O) groups excluding carboxylic acids is 1. The summed E-state index contributed by atoms with van der Waals surface area (Å²) in [6.07, 6.45) is -4.58. The molecule has 2 aromatic heterocycles. The average Bonchev–Trinajstić information content (AvgIpc) is 2.72. The summed E-state index contributed by atoms with van der Waals surface area (Å²) >= 11 is 0. The molecule has 12 heteroatoms. The molecule has 2 heterocycles. The van der Waals surface area contributed by atoms with Crippen molar-refractivity contribution >= 4 is 17.8 Å². The third-order valence-electron chi connectivity index (χ3n) is 4.69. The lowest BCUT2D eigenvalue weighted by Crippen LogP contribution is -2.39. The summed E-state index contributed by atoms with van der Waals surface area (Å²) < 4.78 is 76.4. The van der Waals surface area contributed by atoms with Crippen molar-refractivity contribution in [2.75, 3.05) is 0 Å². The molecule has 0 saturated heterocycles. The van der Waals surface area contributed by atoms with Gasteiger partial charge in [0.15, 0.2) is 0 Å². The summed E-state index contributed by atoms with van der Waals surface area (Å²) in [5.74, 6) is -0.667. The number of amides is 1. The second-order valence-corrected chi connectivity index (χ2v) is 6.98. The van der Waals surface area contributed by atoms with Gasteiger partial charge in [-0.2, -0.15) is 26.3 Å². The van der Waals surface area contributed by atoms with E-state index in [1.807, 2.05) is 0 Å². The molecule has 0 saturated carbocycles. The quantitative estimate of drug-likeness (QED) is 0.525. The summed E-state index contributed by atoms with van der Waals surface area (Å²) in [6, 6.07) is 3.14. The number of nitrogens with two attached hydrogens (primary N) is 1. The first-order valence-electron chi connectivity index (χ1n) is 9.35. The van der Waals surface area contributed by atoms with Crippen LogP contribution in [0.15, 0.2) is 52.9 Å². The summed E-state index contributed by atoms with van der Waals surface area (Å²) in [6.45, 7) is 0. The normalized spacial score (nSPS) is 17.6. The molecule has 170 valence electrons. The third-order valence-corrected chi connectivity index (χ3v) is 4.69. The number of nitrogens with zero attached hydrogens (tertiary/aromatic N) is 3. The molecule has 1 aliphatic rings. The van der Waals surface area contributed by atoms with Crippen molar-refractivity contribution in [2.24, 2.45) is 10.7 Å². The van der Waals surface area contributed by atoms with Crippen molar-refractivity contribution in [3.8, 4) is 0 Å². The van der Waals surface area contributed by atoms with Crippen LogP contribution in [-0.2, 0) is 12.4 Å². The fourth-order valence-electron chi connectivity index (χ4n) is 3.08. The minimum atomic E-state index is -4.63. The van der Waals surface area contributed by atoms with Gasteiger partial charge in [-0.05, 0) is 43.5 Å². The maximum Gasteiger partial charge on any atom is 0.433 e. The molecule has 1 atom stereocenters. The molecule has 0 spiro atoms. The number of pyridine rings is 2. The van der Waals surface area contributed by atoms with Crippen molar-refractivity contribution in [1.82, 2.24) is 15.3 Å². The number of alkyl halides is 6. The van der Waals surface area contributed by atoms with Crippen molar-refractivity contribution in [3.63, 3.8) is 0 Å². The Hall–Kier alpha value is -3.44. The molecule has 0 aliphatic heterocycles. The molecule has 2 aromatic rings. The molecule has 0 fully saturated rings. The Bertz CT molecular complexity index is 1040. The molecule has 3 rings (SSSR count). The van der Waals surface area contributed by atoms with E-state index in [4.69, 9.17) is 5.73 Å². The zero-order valence-corrected chi connectivity index (χ0v) is 16.3. The molecule has 6 nitrogen and oxygen atoms in total. The Balaban J connectivity index is 1.78. The fraction of sp³-hybridized carbons (Fsp3) is 0.300. The van der Waals surface area contributed by atoms with Crippen LogP contribution in [-0.4, -0.2) is 28.1 Å². The van der Waals surface area contributed by atoms with E-state index in [9.17, 15) is 31.1 Å². The van der Waals surface area contributed by atoms with Gasteiger partial charge in [-0.15, -0.1) is 0 Å². The Morgan fingerprint density at radius 2 is 1.81 bits per heavy atom. The average molecular weight is 457 g/mol. The number of carbonyl (C=O) groups is 1. The van der Waals surface area contributed by atoms with E-state index in [0.717, 1.165) is 24.5 Å². The summed E-state index contributed by atoms with van der Waals surface area (Å²) in [7, 11) is 0. The summed E-state index contributed by atoms with van der Waals surface area (Å²) in [5, 5.41) is 2.66. The standard InChI is InChI=1S/C20H17F6N5O/c21-19(22,23)16-5-4-11(9-30-16)18(32)31-15-3-1-2-14(27)13(15)10-29-12-6-7-28-17(8-12)20(24,25)26/h4-10,15H,1-3,27H2,(H,31,32). The minimum Gasteiger partial charge on any atom is -0.402 e. The predicted molar refractivity (Wildman–Crippen MR) is 103 cm³/mol. The zero-order chi connectivity index (χ0) is 23.5. The SMILES string of the molecule is NC1=C(C=Nc2ccnc(C(F)(F)F)c2)C(NC(=O)c2ccc(C(F)(F)F)nc2)CCC1.